The molecule has 1 aromatic rings. The zero-order valence-corrected chi connectivity index (χ0v) is 13.9. The second kappa shape index (κ2) is 6.55. The van der Waals surface area contributed by atoms with Crippen molar-refractivity contribution in [1.29, 1.82) is 0 Å². The number of hydrogen-bond donors (Lipinski definition) is 1. The lowest BCUT2D eigenvalue weighted by molar-refractivity contribution is -0.139. The number of ether oxygens (including phenoxy) is 1. The zero-order chi connectivity index (χ0) is 16.5. The molecule has 0 radical (unpaired) electrons. The highest BCUT2D eigenvalue weighted by Gasteiger charge is 2.31. The highest BCUT2D eigenvalue weighted by molar-refractivity contribution is 5.80. The largest absolute Gasteiger partial charge is 0.381 e. The molecule has 24 heavy (non-hydrogen) atoms. The monoisotopic (exact) mass is 332 g/mol. The Labute approximate surface area is 141 Å². The Morgan fingerprint density at radius 2 is 2.12 bits per heavy atom. The first kappa shape index (κ1) is 15.6. The highest BCUT2D eigenvalue weighted by atomic mass is 16.5. The number of carbonyl (C=O) groups is 2. The Bertz CT molecular complexity index is 632. The molecule has 2 aliphatic heterocycles. The van der Waals surface area contributed by atoms with E-state index in [1.165, 1.54) is 6.42 Å². The van der Waals surface area contributed by atoms with Gasteiger partial charge in [-0.25, -0.2) is 0 Å². The lowest BCUT2D eigenvalue weighted by Gasteiger charge is -2.34. The molecule has 0 aromatic carbocycles. The molecule has 1 N–H and O–H groups in total. The summed E-state index contributed by atoms with van der Waals surface area (Å²) < 4.78 is 7.21. The van der Waals surface area contributed by atoms with Gasteiger partial charge in [-0.05, 0) is 25.3 Å². The summed E-state index contributed by atoms with van der Waals surface area (Å²) >= 11 is 0. The molecule has 2 fully saturated rings. The predicted molar refractivity (Wildman–Crippen MR) is 85.8 cm³/mol. The maximum absolute atomic E-state index is 12.4. The van der Waals surface area contributed by atoms with E-state index in [0.29, 0.717) is 32.2 Å². The molecule has 130 valence electrons. The number of nitrogens with zero attached hydrogens (tertiary/aromatic N) is 3. The third-order valence-electron chi connectivity index (χ3n) is 5.36. The molecule has 0 unspecified atom stereocenters. The molecule has 7 nitrogen and oxygen atoms in total. The second-order valence-corrected chi connectivity index (χ2v) is 7.02. The van der Waals surface area contributed by atoms with Crippen molar-refractivity contribution in [2.75, 3.05) is 19.8 Å². The van der Waals surface area contributed by atoms with E-state index >= 15 is 0 Å². The van der Waals surface area contributed by atoms with Crippen molar-refractivity contribution >= 4 is 11.8 Å². The summed E-state index contributed by atoms with van der Waals surface area (Å²) in [4.78, 5) is 26.4. The molecule has 1 aliphatic carbocycles. The van der Waals surface area contributed by atoms with E-state index in [1.807, 2.05) is 15.6 Å². The van der Waals surface area contributed by atoms with Crippen LogP contribution in [0.2, 0.25) is 0 Å². The molecular weight excluding hydrogens is 308 g/mol. The second-order valence-electron chi connectivity index (χ2n) is 7.02. The van der Waals surface area contributed by atoms with Gasteiger partial charge in [0.25, 0.3) is 0 Å². The van der Waals surface area contributed by atoms with Crippen LogP contribution in [0.15, 0.2) is 6.07 Å². The molecule has 0 spiro atoms. The molecule has 3 aliphatic rings. The Morgan fingerprint density at radius 1 is 1.25 bits per heavy atom. The van der Waals surface area contributed by atoms with Gasteiger partial charge in [0.05, 0.1) is 43.5 Å². The zero-order valence-electron chi connectivity index (χ0n) is 13.9. The number of aromatic nitrogens is 2. The van der Waals surface area contributed by atoms with Crippen LogP contribution in [-0.2, 0) is 34.0 Å². The Kier molecular flexibility index (Phi) is 4.26. The van der Waals surface area contributed by atoms with Gasteiger partial charge < -0.3 is 15.0 Å². The molecular formula is C17H24N4O3. The predicted octanol–water partition coefficient (Wildman–Crippen LogP) is 0.678. The first-order chi connectivity index (χ1) is 11.7. The topological polar surface area (TPSA) is 76.5 Å². The van der Waals surface area contributed by atoms with Gasteiger partial charge in [0, 0.05) is 19.1 Å². The van der Waals surface area contributed by atoms with E-state index in [4.69, 9.17) is 4.74 Å². The van der Waals surface area contributed by atoms with Crippen LogP contribution in [0, 0.1) is 11.8 Å². The average molecular weight is 332 g/mol. The SMILES string of the molecule is O=C(NCc1cc2n(n1)CCN(C(=O)C1CCC1)C2)[C@H]1CCOC1. The fourth-order valence-electron chi connectivity index (χ4n) is 3.58. The highest BCUT2D eigenvalue weighted by Crippen LogP contribution is 2.29. The van der Waals surface area contributed by atoms with Gasteiger partial charge in [-0.2, -0.15) is 5.10 Å². The van der Waals surface area contributed by atoms with Gasteiger partial charge in [0.2, 0.25) is 11.8 Å². The van der Waals surface area contributed by atoms with E-state index in [1.54, 1.807) is 0 Å². The van der Waals surface area contributed by atoms with Crippen molar-refractivity contribution in [2.24, 2.45) is 11.8 Å². The number of hydrogen-bond acceptors (Lipinski definition) is 4. The van der Waals surface area contributed by atoms with Gasteiger partial charge in [0.1, 0.15) is 0 Å². The standard InChI is InChI=1S/C17H24N4O3/c22-16(13-4-7-24-11-13)18-9-14-8-15-10-20(5-6-21(15)19-14)17(23)12-2-1-3-12/h8,12-13H,1-7,9-11H2,(H,18,22)/t13-/m0/s1. The van der Waals surface area contributed by atoms with Gasteiger partial charge >= 0.3 is 0 Å². The van der Waals surface area contributed by atoms with Crippen molar-refractivity contribution in [1.82, 2.24) is 20.0 Å². The summed E-state index contributed by atoms with van der Waals surface area (Å²) in [6.45, 7) is 3.72. The number of nitrogens with one attached hydrogen (secondary N) is 1. The maximum atomic E-state index is 12.4. The summed E-state index contributed by atoms with van der Waals surface area (Å²) in [5.41, 5.74) is 1.91. The van der Waals surface area contributed by atoms with Crippen molar-refractivity contribution < 1.29 is 14.3 Å². The lowest BCUT2D eigenvalue weighted by Crippen LogP contribution is -2.43. The summed E-state index contributed by atoms with van der Waals surface area (Å²) in [6, 6.07) is 2.01. The van der Waals surface area contributed by atoms with Crippen LogP contribution in [0.4, 0.5) is 0 Å². The van der Waals surface area contributed by atoms with Crippen LogP contribution in [0.1, 0.15) is 37.1 Å². The van der Waals surface area contributed by atoms with E-state index in [0.717, 1.165) is 43.7 Å². The van der Waals surface area contributed by atoms with Crippen LogP contribution >= 0.6 is 0 Å². The molecule has 1 atom stereocenters. The van der Waals surface area contributed by atoms with Crippen molar-refractivity contribution in [3.05, 3.63) is 17.5 Å². The normalized spacial score (nSPS) is 23.7. The summed E-state index contributed by atoms with van der Waals surface area (Å²) in [7, 11) is 0. The summed E-state index contributed by atoms with van der Waals surface area (Å²) in [5.74, 6) is 0.551. The summed E-state index contributed by atoms with van der Waals surface area (Å²) in [6.07, 6.45) is 4.05. The third-order valence-corrected chi connectivity index (χ3v) is 5.36. The molecule has 0 bridgehead atoms. The minimum absolute atomic E-state index is 0.0298. The first-order valence-corrected chi connectivity index (χ1v) is 8.90. The van der Waals surface area contributed by atoms with Crippen LogP contribution in [0.25, 0.3) is 0 Å². The molecule has 1 aromatic heterocycles. The minimum Gasteiger partial charge on any atom is -0.381 e. The van der Waals surface area contributed by atoms with Crippen LogP contribution in [0.5, 0.6) is 0 Å². The van der Waals surface area contributed by atoms with E-state index in [9.17, 15) is 9.59 Å². The molecule has 1 saturated heterocycles. The fraction of sp³-hybridized carbons (Fsp3) is 0.706. The molecule has 7 heteroatoms. The molecule has 2 amide bonds. The quantitative estimate of drug-likeness (QED) is 0.880. The smallest absolute Gasteiger partial charge is 0.226 e. The molecule has 4 rings (SSSR count). The summed E-state index contributed by atoms with van der Waals surface area (Å²) in [5, 5.41) is 7.50. The lowest BCUT2D eigenvalue weighted by atomic mass is 9.84. The molecule has 3 heterocycles. The maximum Gasteiger partial charge on any atom is 0.226 e. The Hall–Kier alpha value is -1.89. The van der Waals surface area contributed by atoms with E-state index in [-0.39, 0.29) is 17.7 Å². The number of fused-ring (bicyclic) bond motifs is 1. The van der Waals surface area contributed by atoms with Crippen LogP contribution < -0.4 is 5.32 Å². The van der Waals surface area contributed by atoms with Gasteiger partial charge in [0.15, 0.2) is 0 Å². The van der Waals surface area contributed by atoms with Gasteiger partial charge in [-0.1, -0.05) is 6.42 Å². The Balaban J connectivity index is 1.34. The number of carbonyl (C=O) groups excluding carboxylic acids is 2. The van der Waals surface area contributed by atoms with Crippen molar-refractivity contribution in [2.45, 2.75) is 45.3 Å². The average Bonchev–Trinajstić information content (AvgIpc) is 3.19. The van der Waals surface area contributed by atoms with E-state index < -0.39 is 0 Å². The van der Waals surface area contributed by atoms with Gasteiger partial charge in [-0.15, -0.1) is 0 Å². The van der Waals surface area contributed by atoms with Crippen LogP contribution in [0.3, 0.4) is 0 Å². The van der Waals surface area contributed by atoms with Crippen LogP contribution in [-0.4, -0.2) is 46.3 Å². The fourth-order valence-corrected chi connectivity index (χ4v) is 3.58. The van der Waals surface area contributed by atoms with Crippen molar-refractivity contribution in [3.63, 3.8) is 0 Å². The third kappa shape index (κ3) is 3.05. The van der Waals surface area contributed by atoms with E-state index in [2.05, 4.69) is 10.4 Å². The van der Waals surface area contributed by atoms with Crippen molar-refractivity contribution in [3.8, 4) is 0 Å². The first-order valence-electron chi connectivity index (χ1n) is 8.90. The minimum atomic E-state index is -0.0298. The van der Waals surface area contributed by atoms with Gasteiger partial charge in [-0.3, -0.25) is 14.3 Å². The number of rotatable bonds is 4. The number of amides is 2. The molecule has 1 saturated carbocycles. The Morgan fingerprint density at radius 3 is 2.83 bits per heavy atom.